The van der Waals surface area contributed by atoms with Crippen molar-refractivity contribution in [2.24, 2.45) is 15.9 Å². The molecule has 2 atom stereocenters. The molecule has 0 saturated heterocycles. The Balaban J connectivity index is 2.62. The van der Waals surface area contributed by atoms with Crippen LogP contribution < -0.4 is 0 Å². The molecular weight excluding hydrogens is 160 g/mol. The number of hydrogen-bond donors (Lipinski definition) is 0. The van der Waals surface area contributed by atoms with Gasteiger partial charge in [0.15, 0.2) is 0 Å². The lowest BCUT2D eigenvalue weighted by atomic mass is 9.88. The average molecular weight is 180 g/mol. The van der Waals surface area contributed by atoms with E-state index in [-0.39, 0.29) is 5.54 Å². The van der Waals surface area contributed by atoms with Gasteiger partial charge in [0.05, 0.1) is 17.8 Å². The predicted molar refractivity (Wildman–Crippen MR) is 58.9 cm³/mol. The lowest BCUT2D eigenvalue weighted by Gasteiger charge is -2.29. The summed E-state index contributed by atoms with van der Waals surface area (Å²) in [7, 11) is 0. The Bertz CT molecular complexity index is 230. The van der Waals surface area contributed by atoms with Crippen molar-refractivity contribution in [1.29, 1.82) is 0 Å². The van der Waals surface area contributed by atoms with Crippen LogP contribution in [0.25, 0.3) is 0 Å². The van der Waals surface area contributed by atoms with Gasteiger partial charge in [-0.2, -0.15) is 0 Å². The lowest BCUT2D eigenvalue weighted by molar-refractivity contribution is 0.357. The van der Waals surface area contributed by atoms with Gasteiger partial charge in [-0.25, -0.2) is 0 Å². The minimum absolute atomic E-state index is 0.0638. The fraction of sp³-hybridized carbons (Fsp3) is 0.818. The number of hydrogen-bond acceptors (Lipinski definition) is 2. The van der Waals surface area contributed by atoms with E-state index in [9.17, 15) is 0 Å². The molecule has 0 aromatic carbocycles. The van der Waals surface area contributed by atoms with Gasteiger partial charge in [0.1, 0.15) is 0 Å². The van der Waals surface area contributed by atoms with Crippen LogP contribution in [-0.2, 0) is 0 Å². The first kappa shape index (κ1) is 10.4. The highest BCUT2D eigenvalue weighted by atomic mass is 15.0. The third kappa shape index (κ3) is 2.94. The van der Waals surface area contributed by atoms with Gasteiger partial charge in [0.25, 0.3) is 0 Å². The summed E-state index contributed by atoms with van der Waals surface area (Å²) in [6, 6.07) is 0. The molecule has 2 unspecified atom stereocenters. The minimum Gasteiger partial charge on any atom is -0.289 e. The zero-order chi connectivity index (χ0) is 9.90. The Morgan fingerprint density at radius 1 is 1.62 bits per heavy atom. The Hall–Kier alpha value is -0.660. The van der Waals surface area contributed by atoms with E-state index >= 15 is 0 Å². The van der Waals surface area contributed by atoms with Gasteiger partial charge in [0, 0.05) is 6.21 Å². The summed E-state index contributed by atoms with van der Waals surface area (Å²) in [6.45, 7) is 9.61. The largest absolute Gasteiger partial charge is 0.289 e. The zero-order valence-electron chi connectivity index (χ0n) is 9.17. The molecule has 0 aromatic rings. The fourth-order valence-electron chi connectivity index (χ4n) is 1.87. The van der Waals surface area contributed by atoms with E-state index in [1.54, 1.807) is 0 Å². The van der Waals surface area contributed by atoms with Crippen LogP contribution in [0, 0.1) is 5.92 Å². The number of nitrogens with zero attached hydrogens (tertiary/aromatic N) is 2. The SMILES string of the molecule is CCC(C)CC1(C)CN=CC(C)=N1. The Labute approximate surface area is 81.2 Å². The maximum Gasteiger partial charge on any atom is 0.0780 e. The van der Waals surface area contributed by atoms with Crippen LogP contribution in [-0.4, -0.2) is 24.0 Å². The quantitative estimate of drug-likeness (QED) is 0.638. The molecule has 13 heavy (non-hydrogen) atoms. The zero-order valence-corrected chi connectivity index (χ0v) is 9.17. The molecule has 0 bridgehead atoms. The van der Waals surface area contributed by atoms with Crippen molar-refractivity contribution in [1.82, 2.24) is 0 Å². The highest BCUT2D eigenvalue weighted by Crippen LogP contribution is 2.25. The monoisotopic (exact) mass is 180 g/mol. The van der Waals surface area contributed by atoms with E-state index < -0.39 is 0 Å². The molecule has 0 N–H and O–H groups in total. The summed E-state index contributed by atoms with van der Waals surface area (Å²) in [5.41, 5.74) is 1.13. The van der Waals surface area contributed by atoms with Gasteiger partial charge in [-0.15, -0.1) is 0 Å². The van der Waals surface area contributed by atoms with Crippen LogP contribution in [0.5, 0.6) is 0 Å². The Morgan fingerprint density at radius 2 is 2.31 bits per heavy atom. The topological polar surface area (TPSA) is 24.7 Å². The second-order valence-electron chi connectivity index (χ2n) is 4.44. The highest BCUT2D eigenvalue weighted by molar-refractivity contribution is 6.30. The van der Waals surface area contributed by atoms with Crippen LogP contribution in [0.15, 0.2) is 9.98 Å². The summed E-state index contributed by atoms with van der Waals surface area (Å²) in [5.74, 6) is 0.745. The van der Waals surface area contributed by atoms with E-state index in [0.29, 0.717) is 0 Å². The first-order valence-electron chi connectivity index (χ1n) is 5.12. The second kappa shape index (κ2) is 4.03. The molecule has 1 heterocycles. The molecule has 0 radical (unpaired) electrons. The molecule has 0 aromatic heterocycles. The molecule has 74 valence electrons. The maximum absolute atomic E-state index is 4.67. The van der Waals surface area contributed by atoms with Crippen LogP contribution >= 0.6 is 0 Å². The van der Waals surface area contributed by atoms with E-state index in [0.717, 1.165) is 24.6 Å². The van der Waals surface area contributed by atoms with Gasteiger partial charge < -0.3 is 0 Å². The summed E-state index contributed by atoms with van der Waals surface area (Å²) in [4.78, 5) is 9.01. The van der Waals surface area contributed by atoms with Gasteiger partial charge in [-0.3, -0.25) is 9.98 Å². The van der Waals surface area contributed by atoms with Crippen molar-refractivity contribution < 1.29 is 0 Å². The minimum atomic E-state index is 0.0638. The van der Waals surface area contributed by atoms with Crippen LogP contribution in [0.3, 0.4) is 0 Å². The normalized spacial score (nSPS) is 30.0. The van der Waals surface area contributed by atoms with E-state index in [4.69, 9.17) is 0 Å². The summed E-state index contributed by atoms with van der Waals surface area (Å²) < 4.78 is 0. The maximum atomic E-state index is 4.67. The first-order chi connectivity index (χ1) is 6.06. The van der Waals surface area contributed by atoms with Crippen molar-refractivity contribution in [3.8, 4) is 0 Å². The number of rotatable bonds is 3. The summed E-state index contributed by atoms with van der Waals surface area (Å²) in [6.07, 6.45) is 4.25. The van der Waals surface area contributed by atoms with Crippen LogP contribution in [0.1, 0.15) is 40.5 Å². The van der Waals surface area contributed by atoms with Crippen molar-refractivity contribution in [3.05, 3.63) is 0 Å². The third-order valence-corrected chi connectivity index (χ3v) is 2.64. The smallest absolute Gasteiger partial charge is 0.0780 e. The second-order valence-corrected chi connectivity index (χ2v) is 4.44. The van der Waals surface area contributed by atoms with Crippen LogP contribution in [0.2, 0.25) is 0 Å². The van der Waals surface area contributed by atoms with Crippen molar-refractivity contribution in [2.75, 3.05) is 6.54 Å². The highest BCUT2D eigenvalue weighted by Gasteiger charge is 2.26. The number of aliphatic imine (C=N–C) groups is 2. The van der Waals surface area contributed by atoms with Gasteiger partial charge in [-0.05, 0) is 26.2 Å². The predicted octanol–water partition coefficient (Wildman–Crippen LogP) is 2.73. The van der Waals surface area contributed by atoms with E-state index in [1.165, 1.54) is 6.42 Å². The molecule has 2 nitrogen and oxygen atoms in total. The molecule has 0 amide bonds. The Kier molecular flexibility index (Phi) is 3.23. The molecule has 1 aliphatic heterocycles. The average Bonchev–Trinajstić information content (AvgIpc) is 2.02. The molecule has 0 spiro atoms. The van der Waals surface area contributed by atoms with E-state index in [1.807, 2.05) is 13.1 Å². The Morgan fingerprint density at radius 3 is 2.85 bits per heavy atom. The molecule has 1 rings (SSSR count). The lowest BCUT2D eigenvalue weighted by Crippen LogP contribution is -2.32. The van der Waals surface area contributed by atoms with Gasteiger partial charge in [0.2, 0.25) is 0 Å². The van der Waals surface area contributed by atoms with E-state index in [2.05, 4.69) is 30.8 Å². The molecule has 0 aliphatic carbocycles. The fourth-order valence-corrected chi connectivity index (χ4v) is 1.87. The van der Waals surface area contributed by atoms with Crippen molar-refractivity contribution in [2.45, 2.75) is 46.1 Å². The first-order valence-corrected chi connectivity index (χ1v) is 5.12. The molecule has 0 saturated carbocycles. The molecule has 1 aliphatic rings. The molecule has 2 heteroatoms. The van der Waals surface area contributed by atoms with Gasteiger partial charge in [-0.1, -0.05) is 20.3 Å². The van der Waals surface area contributed by atoms with Crippen molar-refractivity contribution >= 4 is 11.9 Å². The van der Waals surface area contributed by atoms with Crippen LogP contribution in [0.4, 0.5) is 0 Å². The van der Waals surface area contributed by atoms with Gasteiger partial charge >= 0.3 is 0 Å². The van der Waals surface area contributed by atoms with Crippen molar-refractivity contribution in [3.63, 3.8) is 0 Å². The standard InChI is InChI=1S/C11H20N2/c1-5-9(2)6-11(4)8-12-7-10(3)13-11/h7,9H,5-6,8H2,1-4H3. The summed E-state index contributed by atoms with van der Waals surface area (Å²) >= 11 is 0. The third-order valence-electron chi connectivity index (χ3n) is 2.64. The molecule has 0 fully saturated rings. The molecular formula is C11H20N2. The summed E-state index contributed by atoms with van der Waals surface area (Å²) in [5, 5.41) is 0.